The minimum Gasteiger partial charge on any atom is -0.507 e. The van der Waals surface area contributed by atoms with Crippen LogP contribution >= 0.6 is 0 Å². The third-order valence-electron chi connectivity index (χ3n) is 6.08. The number of fused-ring (bicyclic) bond motifs is 2. The molecular formula is C25H21N3O8. The SMILES string of the molecule is COc1cc(C2Oc3cc([C@H]4Oc5cccc(O)c5C(=O)[C@@H]4O)ccc3OC2CN=[N+]=[N-])ccc1O. The minimum atomic E-state index is -1.55. The summed E-state index contributed by atoms with van der Waals surface area (Å²) < 4.78 is 23.4. The Morgan fingerprint density at radius 3 is 2.47 bits per heavy atom. The van der Waals surface area contributed by atoms with Crippen molar-refractivity contribution in [2.45, 2.75) is 24.4 Å². The maximum absolute atomic E-state index is 12.8. The third-order valence-corrected chi connectivity index (χ3v) is 6.08. The van der Waals surface area contributed by atoms with Crippen molar-refractivity contribution in [1.29, 1.82) is 0 Å². The van der Waals surface area contributed by atoms with Crippen LogP contribution in [0.4, 0.5) is 0 Å². The molecule has 3 aromatic carbocycles. The molecular weight excluding hydrogens is 470 g/mol. The number of aromatic hydroxyl groups is 2. The molecule has 2 aliphatic heterocycles. The Labute approximate surface area is 204 Å². The van der Waals surface area contributed by atoms with Crippen LogP contribution in [0.25, 0.3) is 10.4 Å². The molecule has 0 aliphatic carbocycles. The van der Waals surface area contributed by atoms with Gasteiger partial charge in [-0.25, -0.2) is 0 Å². The standard InChI is InChI=1S/C25H21N3O8/c1-33-18-9-12(5-7-14(18)29)24-20(11-27-28-26)34-16-8-6-13(10-19(16)36-24)25-23(32)22(31)21-15(30)3-2-4-17(21)35-25/h2-10,20,23-25,29-30,32H,11H2,1H3/t20?,23-,24?,25+/m0/s1. The van der Waals surface area contributed by atoms with Crippen LogP contribution in [0.1, 0.15) is 33.7 Å². The predicted molar refractivity (Wildman–Crippen MR) is 125 cm³/mol. The molecule has 2 aliphatic rings. The number of nitrogens with zero attached hydrogens (tertiary/aromatic N) is 3. The summed E-state index contributed by atoms with van der Waals surface area (Å²) in [5.74, 6) is 0.103. The van der Waals surface area contributed by atoms with Gasteiger partial charge in [0, 0.05) is 10.5 Å². The van der Waals surface area contributed by atoms with Gasteiger partial charge in [-0.15, -0.1) is 0 Å². The number of rotatable bonds is 5. The lowest BCUT2D eigenvalue weighted by atomic mass is 9.92. The lowest BCUT2D eigenvalue weighted by molar-refractivity contribution is 0.0177. The van der Waals surface area contributed by atoms with Gasteiger partial charge in [0.1, 0.15) is 23.2 Å². The van der Waals surface area contributed by atoms with E-state index in [1.807, 2.05) is 0 Å². The summed E-state index contributed by atoms with van der Waals surface area (Å²) in [4.78, 5) is 15.6. The van der Waals surface area contributed by atoms with Crippen LogP contribution in [0.15, 0.2) is 59.7 Å². The highest BCUT2D eigenvalue weighted by Crippen LogP contribution is 2.45. The monoisotopic (exact) mass is 491 g/mol. The van der Waals surface area contributed by atoms with E-state index in [4.69, 9.17) is 24.5 Å². The Morgan fingerprint density at radius 1 is 0.944 bits per heavy atom. The van der Waals surface area contributed by atoms with Crippen LogP contribution in [-0.4, -0.2) is 47.0 Å². The third kappa shape index (κ3) is 3.96. The first-order valence-electron chi connectivity index (χ1n) is 11.0. The van der Waals surface area contributed by atoms with Gasteiger partial charge in [-0.2, -0.15) is 0 Å². The van der Waals surface area contributed by atoms with E-state index in [-0.39, 0.29) is 35.1 Å². The van der Waals surface area contributed by atoms with Gasteiger partial charge in [0.05, 0.1) is 13.7 Å². The van der Waals surface area contributed by atoms with Gasteiger partial charge in [-0.05, 0) is 47.5 Å². The zero-order valence-electron chi connectivity index (χ0n) is 18.9. The number of ketones is 1. The summed E-state index contributed by atoms with van der Waals surface area (Å²) >= 11 is 0. The molecule has 11 nitrogen and oxygen atoms in total. The molecule has 2 heterocycles. The van der Waals surface area contributed by atoms with E-state index in [2.05, 4.69) is 10.0 Å². The van der Waals surface area contributed by atoms with Crippen LogP contribution in [0.3, 0.4) is 0 Å². The fourth-order valence-corrected chi connectivity index (χ4v) is 4.33. The average molecular weight is 491 g/mol. The van der Waals surface area contributed by atoms with E-state index in [1.54, 1.807) is 42.5 Å². The number of methoxy groups -OCH3 is 1. The number of carbonyl (C=O) groups excluding carboxylic acids is 1. The zero-order valence-corrected chi connectivity index (χ0v) is 18.9. The molecule has 0 aromatic heterocycles. The quantitative estimate of drug-likeness (QED) is 0.274. The van der Waals surface area contributed by atoms with Crippen molar-refractivity contribution in [3.8, 4) is 34.5 Å². The number of benzene rings is 3. The van der Waals surface area contributed by atoms with Crippen molar-refractivity contribution in [3.05, 3.63) is 81.7 Å². The van der Waals surface area contributed by atoms with Crippen molar-refractivity contribution >= 4 is 5.78 Å². The lowest BCUT2D eigenvalue weighted by Crippen LogP contribution is -2.37. The smallest absolute Gasteiger partial charge is 0.202 e. The molecule has 0 bridgehead atoms. The van der Waals surface area contributed by atoms with E-state index < -0.39 is 30.2 Å². The second kappa shape index (κ2) is 9.21. The van der Waals surface area contributed by atoms with Crippen LogP contribution in [0.5, 0.6) is 34.5 Å². The molecule has 0 radical (unpaired) electrons. The topological polar surface area (TPSA) is 163 Å². The summed E-state index contributed by atoms with van der Waals surface area (Å²) in [7, 11) is 1.42. The zero-order chi connectivity index (χ0) is 25.4. The summed E-state index contributed by atoms with van der Waals surface area (Å²) in [6, 6.07) is 14.0. The number of phenolic OH excluding ortho intramolecular Hbond substituents is 2. The highest BCUT2D eigenvalue weighted by atomic mass is 16.6. The summed E-state index contributed by atoms with van der Waals surface area (Å²) in [6.45, 7) is -0.0230. The van der Waals surface area contributed by atoms with Gasteiger partial charge in [0.2, 0.25) is 5.78 Å². The van der Waals surface area contributed by atoms with Gasteiger partial charge >= 0.3 is 0 Å². The van der Waals surface area contributed by atoms with E-state index in [0.29, 0.717) is 22.6 Å². The lowest BCUT2D eigenvalue weighted by Gasteiger charge is -2.35. The summed E-state index contributed by atoms with van der Waals surface area (Å²) in [5, 5.41) is 34.3. The van der Waals surface area contributed by atoms with Gasteiger partial charge in [-0.1, -0.05) is 23.3 Å². The minimum absolute atomic E-state index is 0.0230. The fraction of sp³-hybridized carbons (Fsp3) is 0.240. The van der Waals surface area contributed by atoms with Gasteiger partial charge < -0.3 is 34.3 Å². The van der Waals surface area contributed by atoms with Crippen molar-refractivity contribution in [3.63, 3.8) is 0 Å². The number of hydrogen-bond acceptors (Lipinski definition) is 9. The predicted octanol–water partition coefficient (Wildman–Crippen LogP) is 3.98. The molecule has 0 amide bonds. The fourth-order valence-electron chi connectivity index (χ4n) is 4.33. The molecule has 184 valence electrons. The first-order valence-corrected chi connectivity index (χ1v) is 11.0. The number of Topliss-reactive ketones (excluding diaryl/α,β-unsaturated/α-hetero) is 1. The second-order valence-electron chi connectivity index (χ2n) is 8.24. The summed E-state index contributed by atoms with van der Waals surface area (Å²) in [5.41, 5.74) is 9.79. The normalized spacial score (nSPS) is 22.1. The van der Waals surface area contributed by atoms with Crippen molar-refractivity contribution in [1.82, 2.24) is 0 Å². The van der Waals surface area contributed by atoms with Crippen LogP contribution in [0, 0.1) is 0 Å². The molecule has 3 aromatic rings. The molecule has 11 heteroatoms. The molecule has 4 atom stereocenters. The van der Waals surface area contributed by atoms with Crippen LogP contribution < -0.4 is 18.9 Å². The molecule has 2 unspecified atom stereocenters. The van der Waals surface area contributed by atoms with E-state index in [0.717, 1.165) is 0 Å². The number of aliphatic hydroxyl groups is 1. The van der Waals surface area contributed by atoms with E-state index in [1.165, 1.54) is 19.2 Å². The van der Waals surface area contributed by atoms with Crippen LogP contribution in [-0.2, 0) is 0 Å². The van der Waals surface area contributed by atoms with Crippen molar-refractivity contribution < 1.29 is 39.1 Å². The Balaban J connectivity index is 1.50. The first kappa shape index (κ1) is 23.2. The number of azide groups is 1. The molecule has 0 fully saturated rings. The number of ether oxygens (including phenoxy) is 4. The Morgan fingerprint density at radius 2 is 1.69 bits per heavy atom. The van der Waals surface area contributed by atoms with E-state index in [9.17, 15) is 20.1 Å². The second-order valence-corrected chi connectivity index (χ2v) is 8.24. The maximum atomic E-state index is 12.8. The number of carbonyl (C=O) groups is 1. The highest BCUT2D eigenvalue weighted by molar-refractivity contribution is 6.05. The molecule has 0 saturated heterocycles. The highest BCUT2D eigenvalue weighted by Gasteiger charge is 2.40. The molecule has 0 spiro atoms. The molecule has 5 rings (SSSR count). The Bertz CT molecular complexity index is 1390. The molecule has 36 heavy (non-hydrogen) atoms. The first-order chi connectivity index (χ1) is 17.4. The molecule has 0 saturated carbocycles. The Hall–Kier alpha value is -4.60. The van der Waals surface area contributed by atoms with E-state index >= 15 is 0 Å². The van der Waals surface area contributed by atoms with Gasteiger partial charge in [0.25, 0.3) is 0 Å². The Kier molecular flexibility index (Phi) is 5.93. The van der Waals surface area contributed by atoms with Gasteiger partial charge in [-0.3, -0.25) is 4.79 Å². The molecule has 3 N–H and O–H groups in total. The summed E-state index contributed by atoms with van der Waals surface area (Å²) in [6.07, 6.45) is -4.01. The van der Waals surface area contributed by atoms with Crippen molar-refractivity contribution in [2.75, 3.05) is 13.7 Å². The van der Waals surface area contributed by atoms with Crippen molar-refractivity contribution in [2.24, 2.45) is 5.11 Å². The van der Waals surface area contributed by atoms with Crippen LogP contribution in [0.2, 0.25) is 0 Å². The maximum Gasteiger partial charge on any atom is 0.202 e. The average Bonchev–Trinajstić information content (AvgIpc) is 2.89. The number of hydrogen-bond donors (Lipinski definition) is 3. The largest absolute Gasteiger partial charge is 0.507 e. The van der Waals surface area contributed by atoms with Gasteiger partial charge in [0.15, 0.2) is 41.3 Å². The number of aliphatic hydroxyl groups excluding tert-OH is 1. The number of phenols is 2.